The largest absolute Gasteiger partial charge is 0.465 e. The van der Waals surface area contributed by atoms with E-state index in [2.05, 4.69) is 5.32 Å². The molecule has 37 heavy (non-hydrogen) atoms. The maximum atomic E-state index is 13.6. The predicted octanol–water partition coefficient (Wildman–Crippen LogP) is 3.10. The second kappa shape index (κ2) is 11.2. The highest BCUT2D eigenvalue weighted by Crippen LogP contribution is 2.30. The van der Waals surface area contributed by atoms with E-state index in [1.165, 1.54) is 12.1 Å². The Balaban J connectivity index is 1.97. The normalized spacial score (nSPS) is 14.4. The van der Waals surface area contributed by atoms with Crippen LogP contribution in [-0.4, -0.2) is 60.0 Å². The van der Waals surface area contributed by atoms with Gasteiger partial charge in [0.05, 0.1) is 24.3 Å². The topological polar surface area (TPSA) is 128 Å². The van der Waals surface area contributed by atoms with Crippen molar-refractivity contribution in [3.63, 3.8) is 0 Å². The van der Waals surface area contributed by atoms with Crippen molar-refractivity contribution in [3.8, 4) is 0 Å². The number of alkyl carbamates (subject to hydrolysis) is 1. The maximum absolute atomic E-state index is 13.6. The minimum atomic E-state index is -2.25. The van der Waals surface area contributed by atoms with Gasteiger partial charge in [-0.05, 0) is 45.4 Å². The molecule has 0 saturated heterocycles. The highest BCUT2D eigenvalue weighted by Gasteiger charge is 2.54. The fraction of sp³-hybridized carbons (Fsp3) is 0.370. The lowest BCUT2D eigenvalue weighted by atomic mass is 9.86. The number of benzene rings is 2. The molecule has 0 radical (unpaired) electrons. The highest BCUT2D eigenvalue weighted by molar-refractivity contribution is 6.21. The molecule has 0 fully saturated rings. The number of rotatable bonds is 9. The van der Waals surface area contributed by atoms with Gasteiger partial charge in [-0.3, -0.25) is 24.1 Å². The molecule has 0 bridgehead atoms. The van der Waals surface area contributed by atoms with Crippen molar-refractivity contribution in [2.24, 2.45) is 5.41 Å². The van der Waals surface area contributed by atoms with E-state index < -0.39 is 54.0 Å². The summed E-state index contributed by atoms with van der Waals surface area (Å²) in [6, 6.07) is 14.9. The summed E-state index contributed by atoms with van der Waals surface area (Å²) in [6.45, 7) is 4.87. The summed E-state index contributed by atoms with van der Waals surface area (Å²) in [5.41, 5.74) is -2.18. The lowest BCUT2D eigenvalue weighted by molar-refractivity contribution is -0.173. The van der Waals surface area contributed by atoms with Crippen LogP contribution in [0.1, 0.15) is 54.0 Å². The number of hydrogen-bond donors (Lipinski definition) is 1. The van der Waals surface area contributed by atoms with Crippen LogP contribution in [0.15, 0.2) is 54.6 Å². The van der Waals surface area contributed by atoms with Crippen LogP contribution in [0.4, 0.5) is 4.79 Å². The molecule has 0 saturated carbocycles. The molecule has 196 valence electrons. The van der Waals surface area contributed by atoms with E-state index >= 15 is 0 Å². The van der Waals surface area contributed by atoms with E-state index in [0.29, 0.717) is 5.56 Å². The molecule has 2 aromatic carbocycles. The molecular weight excluding hydrogens is 480 g/mol. The Hall–Kier alpha value is -4.21. The quantitative estimate of drug-likeness (QED) is 0.236. The SMILES string of the molecule is CCOC(=O)C(CNC(=O)OC(C)(C)C)(CN1C(=O)c2ccccc2C1=O)C(=O)OCc1ccccc1. The number of fused-ring (bicyclic) bond motifs is 1. The standard InChI is InChI=1S/C27H30N2O8/c1-5-35-23(32)27(16-28-25(34)37-26(2,3)4,24(33)36-15-18-11-7-6-8-12-18)17-29-21(30)19-13-9-10-14-20(19)22(29)31/h6-14H,5,15-17H2,1-4H3,(H,28,34). The lowest BCUT2D eigenvalue weighted by Gasteiger charge is -2.32. The molecule has 3 rings (SSSR count). The first kappa shape index (κ1) is 27.4. The number of nitrogens with zero attached hydrogens (tertiary/aromatic N) is 1. The number of ether oxygens (including phenoxy) is 3. The zero-order chi connectivity index (χ0) is 27.2. The Kier molecular flexibility index (Phi) is 8.31. The second-order valence-electron chi connectivity index (χ2n) is 9.46. The number of esters is 2. The van der Waals surface area contributed by atoms with Crippen LogP contribution in [0, 0.1) is 5.41 Å². The van der Waals surface area contributed by atoms with Crippen LogP contribution in [0.25, 0.3) is 0 Å². The Bertz CT molecular complexity index is 1150. The van der Waals surface area contributed by atoms with Crippen molar-refractivity contribution >= 4 is 29.8 Å². The summed E-state index contributed by atoms with van der Waals surface area (Å²) < 4.78 is 15.9. The average molecular weight is 511 g/mol. The van der Waals surface area contributed by atoms with E-state index in [-0.39, 0.29) is 24.3 Å². The lowest BCUT2D eigenvalue weighted by Crippen LogP contribution is -2.57. The Morgan fingerprint density at radius 3 is 1.92 bits per heavy atom. The molecule has 1 atom stereocenters. The number of nitrogens with one attached hydrogen (secondary N) is 1. The molecule has 0 aromatic heterocycles. The summed E-state index contributed by atoms with van der Waals surface area (Å²) in [7, 11) is 0. The van der Waals surface area contributed by atoms with Gasteiger partial charge < -0.3 is 19.5 Å². The van der Waals surface area contributed by atoms with Gasteiger partial charge in [-0.1, -0.05) is 42.5 Å². The van der Waals surface area contributed by atoms with Crippen LogP contribution in [0.2, 0.25) is 0 Å². The van der Waals surface area contributed by atoms with Crippen molar-refractivity contribution < 1.29 is 38.2 Å². The summed E-state index contributed by atoms with van der Waals surface area (Å²) in [5, 5.41) is 2.41. The van der Waals surface area contributed by atoms with E-state index in [1.807, 2.05) is 0 Å². The third kappa shape index (κ3) is 6.32. The summed E-state index contributed by atoms with van der Waals surface area (Å²) in [5.74, 6) is -3.48. The molecule has 1 aliphatic heterocycles. The van der Waals surface area contributed by atoms with Gasteiger partial charge in [-0.25, -0.2) is 4.79 Å². The number of imide groups is 1. The molecule has 1 N–H and O–H groups in total. The summed E-state index contributed by atoms with van der Waals surface area (Å²) in [6.07, 6.45) is -0.903. The molecule has 1 unspecified atom stereocenters. The molecule has 2 aromatic rings. The molecule has 1 heterocycles. The zero-order valence-electron chi connectivity index (χ0n) is 21.2. The van der Waals surface area contributed by atoms with E-state index in [1.54, 1.807) is 70.2 Å². The fourth-order valence-corrected chi connectivity index (χ4v) is 3.73. The van der Waals surface area contributed by atoms with Gasteiger partial charge in [0, 0.05) is 6.54 Å². The van der Waals surface area contributed by atoms with Crippen LogP contribution < -0.4 is 5.32 Å². The Labute approximate surface area is 214 Å². The minimum Gasteiger partial charge on any atom is -0.465 e. The monoisotopic (exact) mass is 510 g/mol. The average Bonchev–Trinajstić information content (AvgIpc) is 3.09. The molecule has 0 aliphatic carbocycles. The summed E-state index contributed by atoms with van der Waals surface area (Å²) in [4.78, 5) is 66.3. The van der Waals surface area contributed by atoms with E-state index in [9.17, 15) is 24.0 Å². The summed E-state index contributed by atoms with van der Waals surface area (Å²) >= 11 is 0. The highest BCUT2D eigenvalue weighted by atomic mass is 16.6. The number of hydrogen-bond acceptors (Lipinski definition) is 8. The molecule has 10 heteroatoms. The van der Waals surface area contributed by atoms with Crippen molar-refractivity contribution in [1.29, 1.82) is 0 Å². The number of carbonyl (C=O) groups excluding carboxylic acids is 5. The van der Waals surface area contributed by atoms with Crippen LogP contribution in [0.3, 0.4) is 0 Å². The van der Waals surface area contributed by atoms with Gasteiger partial charge in [0.2, 0.25) is 0 Å². The predicted molar refractivity (Wildman–Crippen MR) is 131 cm³/mol. The first-order chi connectivity index (χ1) is 17.5. The van der Waals surface area contributed by atoms with Crippen molar-refractivity contribution in [2.75, 3.05) is 19.7 Å². The minimum absolute atomic E-state index is 0.0961. The second-order valence-corrected chi connectivity index (χ2v) is 9.46. The molecular formula is C27H30N2O8. The van der Waals surface area contributed by atoms with Gasteiger partial charge in [0.15, 0.2) is 5.41 Å². The van der Waals surface area contributed by atoms with E-state index in [4.69, 9.17) is 14.2 Å². The van der Waals surface area contributed by atoms with Gasteiger partial charge in [0.1, 0.15) is 12.2 Å². The van der Waals surface area contributed by atoms with Gasteiger partial charge >= 0.3 is 18.0 Å². The van der Waals surface area contributed by atoms with Gasteiger partial charge in [0.25, 0.3) is 11.8 Å². The third-order valence-corrected chi connectivity index (χ3v) is 5.51. The van der Waals surface area contributed by atoms with Gasteiger partial charge in [-0.2, -0.15) is 0 Å². The van der Waals surface area contributed by atoms with E-state index in [0.717, 1.165) is 4.90 Å². The Morgan fingerprint density at radius 2 is 1.38 bits per heavy atom. The maximum Gasteiger partial charge on any atom is 0.407 e. The molecule has 10 nitrogen and oxygen atoms in total. The molecule has 3 amide bonds. The zero-order valence-corrected chi connectivity index (χ0v) is 21.2. The van der Waals surface area contributed by atoms with Crippen molar-refractivity contribution in [3.05, 3.63) is 71.3 Å². The first-order valence-corrected chi connectivity index (χ1v) is 11.8. The molecule has 1 aliphatic rings. The van der Waals surface area contributed by atoms with Crippen molar-refractivity contribution in [2.45, 2.75) is 39.9 Å². The third-order valence-electron chi connectivity index (χ3n) is 5.51. The fourth-order valence-electron chi connectivity index (χ4n) is 3.73. The molecule has 0 spiro atoms. The van der Waals surface area contributed by atoms with Gasteiger partial charge in [-0.15, -0.1) is 0 Å². The number of amides is 3. The van der Waals surface area contributed by atoms with Crippen LogP contribution in [0.5, 0.6) is 0 Å². The smallest absolute Gasteiger partial charge is 0.407 e. The van der Waals surface area contributed by atoms with Crippen LogP contribution in [-0.2, 0) is 30.4 Å². The first-order valence-electron chi connectivity index (χ1n) is 11.8. The van der Waals surface area contributed by atoms with Crippen molar-refractivity contribution in [1.82, 2.24) is 10.2 Å². The Morgan fingerprint density at radius 1 is 0.838 bits per heavy atom. The number of carbonyl (C=O) groups is 5. The van der Waals surface area contributed by atoms with Crippen LogP contribution >= 0.6 is 0 Å².